The van der Waals surface area contributed by atoms with Crippen LogP contribution in [0.2, 0.25) is 0 Å². The normalized spacial score (nSPS) is 20.4. The van der Waals surface area contributed by atoms with Gasteiger partial charge in [0.15, 0.2) is 0 Å². The summed E-state index contributed by atoms with van der Waals surface area (Å²) < 4.78 is 5.29. The summed E-state index contributed by atoms with van der Waals surface area (Å²) in [5.41, 5.74) is 1.000. The third-order valence-electron chi connectivity index (χ3n) is 4.22. The largest absolute Gasteiger partial charge is 0.496 e. The Morgan fingerprint density at radius 1 is 1.35 bits per heavy atom. The van der Waals surface area contributed by atoms with Crippen molar-refractivity contribution in [3.63, 3.8) is 0 Å². The number of carbonyl (C=O) groups is 2. The smallest absolute Gasteiger partial charge is 0.222 e. The van der Waals surface area contributed by atoms with E-state index in [4.69, 9.17) is 4.74 Å². The number of nitrogens with zero attached hydrogens (tertiary/aromatic N) is 1. The van der Waals surface area contributed by atoms with E-state index < -0.39 is 0 Å². The quantitative estimate of drug-likeness (QED) is 0.804. The van der Waals surface area contributed by atoms with Crippen molar-refractivity contribution >= 4 is 11.8 Å². The highest BCUT2D eigenvalue weighted by Gasteiger charge is 2.34. The van der Waals surface area contributed by atoms with Crippen LogP contribution in [0.1, 0.15) is 18.9 Å². The van der Waals surface area contributed by atoms with E-state index in [-0.39, 0.29) is 30.4 Å². The van der Waals surface area contributed by atoms with Crippen molar-refractivity contribution in [1.29, 1.82) is 0 Å². The minimum absolute atomic E-state index is 0.0298. The van der Waals surface area contributed by atoms with Gasteiger partial charge in [-0.1, -0.05) is 18.2 Å². The zero-order chi connectivity index (χ0) is 16.8. The Balaban J connectivity index is 1.92. The molecule has 1 aliphatic rings. The third-order valence-corrected chi connectivity index (χ3v) is 4.22. The van der Waals surface area contributed by atoms with Crippen molar-refractivity contribution in [1.82, 2.24) is 10.2 Å². The molecule has 1 saturated heterocycles. The number of nitrogens with one attached hydrogen (secondary N) is 1. The topological polar surface area (TPSA) is 78.9 Å². The van der Waals surface area contributed by atoms with Gasteiger partial charge in [-0.2, -0.15) is 0 Å². The fourth-order valence-electron chi connectivity index (χ4n) is 2.99. The van der Waals surface area contributed by atoms with Crippen molar-refractivity contribution in [2.24, 2.45) is 5.92 Å². The van der Waals surface area contributed by atoms with Crippen LogP contribution in [0.3, 0.4) is 0 Å². The first-order chi connectivity index (χ1) is 11.0. The molecule has 2 amide bonds. The summed E-state index contributed by atoms with van der Waals surface area (Å²) >= 11 is 0. The van der Waals surface area contributed by atoms with Crippen LogP contribution in [0.25, 0.3) is 0 Å². The summed E-state index contributed by atoms with van der Waals surface area (Å²) in [7, 11) is 1.62. The number of aliphatic hydroxyl groups is 1. The molecular weight excluding hydrogens is 296 g/mol. The Labute approximate surface area is 136 Å². The number of benzene rings is 1. The predicted octanol–water partition coefficient (Wildman–Crippen LogP) is 0.583. The summed E-state index contributed by atoms with van der Waals surface area (Å²) in [4.78, 5) is 25.3. The fraction of sp³-hybridized carbons (Fsp3) is 0.529. The summed E-state index contributed by atoms with van der Waals surface area (Å²) in [5.74, 6) is 0.569. The number of carbonyl (C=O) groups excluding carboxylic acids is 2. The second-order valence-corrected chi connectivity index (χ2v) is 5.86. The van der Waals surface area contributed by atoms with Gasteiger partial charge in [0.05, 0.1) is 13.2 Å². The number of hydrogen-bond acceptors (Lipinski definition) is 4. The van der Waals surface area contributed by atoms with Crippen LogP contribution in [0.15, 0.2) is 24.3 Å². The number of hydrogen-bond donors (Lipinski definition) is 2. The van der Waals surface area contributed by atoms with E-state index in [1.54, 1.807) is 12.0 Å². The Kier molecular flexibility index (Phi) is 5.98. The predicted molar refractivity (Wildman–Crippen MR) is 86.1 cm³/mol. The molecular formula is C17H24N2O4. The van der Waals surface area contributed by atoms with Crippen molar-refractivity contribution in [3.8, 4) is 5.75 Å². The van der Waals surface area contributed by atoms with Crippen molar-refractivity contribution in [2.75, 3.05) is 26.8 Å². The number of rotatable bonds is 6. The first kappa shape index (κ1) is 17.3. The van der Waals surface area contributed by atoms with Crippen molar-refractivity contribution < 1.29 is 19.4 Å². The number of para-hydroxylation sites is 1. The molecule has 2 N–H and O–H groups in total. The van der Waals surface area contributed by atoms with Gasteiger partial charge in [0.1, 0.15) is 5.75 Å². The summed E-state index contributed by atoms with van der Waals surface area (Å²) in [6.07, 6.45) is 0.985. The van der Waals surface area contributed by atoms with E-state index in [0.29, 0.717) is 25.9 Å². The second kappa shape index (κ2) is 7.97. The van der Waals surface area contributed by atoms with Crippen LogP contribution in [-0.4, -0.2) is 54.7 Å². The number of aryl methyl sites for hydroxylation is 1. The third kappa shape index (κ3) is 4.45. The number of likely N-dealkylation sites (tertiary alicyclic amines) is 1. The van der Waals surface area contributed by atoms with Crippen LogP contribution < -0.4 is 10.1 Å². The van der Waals surface area contributed by atoms with Gasteiger partial charge in [-0.25, -0.2) is 0 Å². The summed E-state index contributed by atoms with van der Waals surface area (Å²) in [6.45, 7) is 2.34. The first-order valence-electron chi connectivity index (χ1n) is 7.82. The van der Waals surface area contributed by atoms with Crippen LogP contribution in [0.4, 0.5) is 0 Å². The molecule has 1 aromatic rings. The number of methoxy groups -OCH3 is 1. The van der Waals surface area contributed by atoms with E-state index in [1.165, 1.54) is 6.92 Å². The Bertz CT molecular complexity index is 561. The lowest BCUT2D eigenvalue weighted by atomic mass is 10.1. The zero-order valence-corrected chi connectivity index (χ0v) is 13.6. The SMILES string of the molecule is COc1ccccc1CCC(=O)N1C[C@@H](CO)[C@H](NC(C)=O)C1. The van der Waals surface area contributed by atoms with Gasteiger partial charge in [-0.3, -0.25) is 9.59 Å². The van der Waals surface area contributed by atoms with E-state index >= 15 is 0 Å². The average Bonchev–Trinajstić information content (AvgIpc) is 2.95. The number of amides is 2. The average molecular weight is 320 g/mol. The minimum Gasteiger partial charge on any atom is -0.496 e. The molecule has 0 unspecified atom stereocenters. The molecule has 0 aromatic heterocycles. The molecule has 23 heavy (non-hydrogen) atoms. The molecule has 0 radical (unpaired) electrons. The van der Waals surface area contributed by atoms with Gasteiger partial charge in [0, 0.05) is 39.0 Å². The van der Waals surface area contributed by atoms with Crippen molar-refractivity contribution in [3.05, 3.63) is 29.8 Å². The van der Waals surface area contributed by atoms with E-state index in [2.05, 4.69) is 5.32 Å². The molecule has 0 spiro atoms. The second-order valence-electron chi connectivity index (χ2n) is 5.86. The molecule has 0 bridgehead atoms. The maximum absolute atomic E-state index is 12.4. The fourth-order valence-corrected chi connectivity index (χ4v) is 2.99. The molecule has 1 aromatic carbocycles. The van der Waals surface area contributed by atoms with Gasteiger partial charge < -0.3 is 20.1 Å². The molecule has 126 valence electrons. The monoisotopic (exact) mass is 320 g/mol. The zero-order valence-electron chi connectivity index (χ0n) is 13.6. The Morgan fingerprint density at radius 2 is 2.09 bits per heavy atom. The molecule has 2 rings (SSSR count). The molecule has 1 fully saturated rings. The van der Waals surface area contributed by atoms with Crippen molar-refractivity contribution in [2.45, 2.75) is 25.8 Å². The lowest BCUT2D eigenvalue weighted by Gasteiger charge is -2.17. The van der Waals surface area contributed by atoms with Gasteiger partial charge in [0.25, 0.3) is 0 Å². The molecule has 6 nitrogen and oxygen atoms in total. The maximum atomic E-state index is 12.4. The molecule has 1 aliphatic heterocycles. The minimum atomic E-state index is -0.173. The first-order valence-corrected chi connectivity index (χ1v) is 7.82. The Hall–Kier alpha value is -2.08. The van der Waals surface area contributed by atoms with E-state index in [0.717, 1.165) is 11.3 Å². The van der Waals surface area contributed by atoms with Crippen LogP contribution in [0, 0.1) is 5.92 Å². The van der Waals surface area contributed by atoms with Crippen LogP contribution in [-0.2, 0) is 16.0 Å². The van der Waals surface area contributed by atoms with Gasteiger partial charge >= 0.3 is 0 Å². The number of aliphatic hydroxyl groups excluding tert-OH is 1. The Morgan fingerprint density at radius 3 is 2.74 bits per heavy atom. The van der Waals surface area contributed by atoms with Gasteiger partial charge in [-0.05, 0) is 18.1 Å². The molecule has 2 atom stereocenters. The maximum Gasteiger partial charge on any atom is 0.222 e. The van der Waals surface area contributed by atoms with E-state index in [1.807, 2.05) is 24.3 Å². The van der Waals surface area contributed by atoms with E-state index in [9.17, 15) is 14.7 Å². The summed E-state index contributed by atoms with van der Waals surface area (Å²) in [5, 5.41) is 12.2. The van der Waals surface area contributed by atoms with Crippen LogP contribution in [0.5, 0.6) is 5.75 Å². The lowest BCUT2D eigenvalue weighted by Crippen LogP contribution is -2.40. The molecule has 1 heterocycles. The molecule has 0 saturated carbocycles. The molecule has 6 heteroatoms. The van der Waals surface area contributed by atoms with Gasteiger partial charge in [-0.15, -0.1) is 0 Å². The van der Waals surface area contributed by atoms with Gasteiger partial charge in [0.2, 0.25) is 11.8 Å². The lowest BCUT2D eigenvalue weighted by molar-refractivity contribution is -0.130. The highest BCUT2D eigenvalue weighted by atomic mass is 16.5. The highest BCUT2D eigenvalue weighted by molar-refractivity contribution is 5.77. The number of ether oxygens (including phenoxy) is 1. The molecule has 0 aliphatic carbocycles. The summed E-state index contributed by atoms with van der Waals surface area (Å²) in [6, 6.07) is 7.48. The standard InChI is InChI=1S/C17H24N2O4/c1-12(21)18-15-10-19(9-14(15)11-20)17(22)8-7-13-5-3-4-6-16(13)23-2/h3-6,14-15,20H,7-11H2,1-2H3,(H,18,21)/t14-,15+/m0/s1. The van der Waals surface area contributed by atoms with Crippen LogP contribution >= 0.6 is 0 Å². The highest BCUT2D eigenvalue weighted by Crippen LogP contribution is 2.21.